The summed E-state index contributed by atoms with van der Waals surface area (Å²) >= 11 is 1.25. The second-order valence-corrected chi connectivity index (χ2v) is 12.2. The molecule has 1 saturated heterocycles. The van der Waals surface area contributed by atoms with E-state index in [1.54, 1.807) is 17.0 Å². The first-order valence-corrected chi connectivity index (χ1v) is 15.4. The van der Waals surface area contributed by atoms with Crippen LogP contribution < -0.4 is 4.90 Å². The van der Waals surface area contributed by atoms with Gasteiger partial charge in [0.05, 0.1) is 36.0 Å². The number of sulfonamides is 1. The Kier molecular flexibility index (Phi) is 11.0. The number of carbonyl (C=O) groups is 1. The number of thiazole rings is 1. The highest BCUT2D eigenvalue weighted by Gasteiger charge is 2.26. The van der Waals surface area contributed by atoms with Crippen LogP contribution in [0.3, 0.4) is 0 Å². The fourth-order valence-electron chi connectivity index (χ4n) is 4.39. The number of halogens is 1. The van der Waals surface area contributed by atoms with Crippen molar-refractivity contribution in [1.82, 2.24) is 14.2 Å². The van der Waals surface area contributed by atoms with Gasteiger partial charge in [0, 0.05) is 59.1 Å². The molecule has 1 aliphatic rings. The molecule has 1 amide bonds. The molecule has 40 heavy (non-hydrogen) atoms. The van der Waals surface area contributed by atoms with E-state index in [-0.39, 0.29) is 42.6 Å². The van der Waals surface area contributed by atoms with Crippen molar-refractivity contribution < 1.29 is 31.8 Å². The van der Waals surface area contributed by atoms with Gasteiger partial charge < -0.3 is 14.2 Å². The number of hydrogen-bond acceptors (Lipinski definition) is 9. The molecule has 0 saturated carbocycles. The second-order valence-electron chi connectivity index (χ2n) is 9.26. The summed E-state index contributed by atoms with van der Waals surface area (Å²) in [5, 5.41) is 0.397. The molecule has 0 spiro atoms. The van der Waals surface area contributed by atoms with E-state index in [9.17, 15) is 17.6 Å². The lowest BCUT2D eigenvalue weighted by Crippen LogP contribution is -2.39. The lowest BCUT2D eigenvalue weighted by atomic mass is 10.2. The molecule has 10 nitrogen and oxygen atoms in total. The highest BCUT2D eigenvalue weighted by Crippen LogP contribution is 2.31. The number of benzene rings is 2. The molecule has 3 aromatic rings. The van der Waals surface area contributed by atoms with Crippen molar-refractivity contribution in [3.8, 4) is 0 Å². The number of morpholine rings is 1. The smallest absolute Gasteiger partial charge is 0.260 e. The topological polar surface area (TPSA) is 102 Å². The van der Waals surface area contributed by atoms with E-state index in [2.05, 4.69) is 9.88 Å². The largest absolute Gasteiger partial charge is 0.383 e. The number of carbonyl (C=O) groups excluding carboxylic acids is 1. The van der Waals surface area contributed by atoms with Crippen LogP contribution >= 0.6 is 11.3 Å². The van der Waals surface area contributed by atoms with Crippen LogP contribution in [-0.2, 0) is 24.2 Å². The lowest BCUT2D eigenvalue weighted by Gasteiger charge is -2.27. The zero-order chi connectivity index (χ0) is 28.5. The van der Waals surface area contributed by atoms with Crippen LogP contribution in [0.4, 0.5) is 9.52 Å². The van der Waals surface area contributed by atoms with Gasteiger partial charge in [-0.2, -0.15) is 4.31 Å². The molecule has 1 aromatic heterocycles. The van der Waals surface area contributed by atoms with Gasteiger partial charge >= 0.3 is 0 Å². The monoisotopic (exact) mass is 594 g/mol. The number of para-hydroxylation sites is 1. The molecule has 1 fully saturated rings. The van der Waals surface area contributed by atoms with Crippen LogP contribution in [0.2, 0.25) is 0 Å². The van der Waals surface area contributed by atoms with Crippen LogP contribution in [-0.4, -0.2) is 108 Å². The van der Waals surface area contributed by atoms with Gasteiger partial charge in [-0.1, -0.05) is 17.4 Å². The fourth-order valence-corrected chi connectivity index (χ4v) is 6.81. The summed E-state index contributed by atoms with van der Waals surface area (Å²) in [4.78, 5) is 22.1. The van der Waals surface area contributed by atoms with Crippen molar-refractivity contribution in [2.45, 2.75) is 11.3 Å². The lowest BCUT2D eigenvalue weighted by molar-refractivity contribution is 0.0376. The van der Waals surface area contributed by atoms with Crippen LogP contribution in [0.25, 0.3) is 10.2 Å². The highest BCUT2D eigenvalue weighted by atomic mass is 32.2. The number of rotatable bonds is 14. The first-order chi connectivity index (χ1) is 19.3. The minimum absolute atomic E-state index is 0.0668. The maximum atomic E-state index is 14.4. The SMILES string of the molecule is COCCN(CCOC)S(=O)(=O)c1ccc(C(=O)N(CCCN2CCOCC2)c2nc3c(F)cccc3s2)cc1. The molecule has 0 atom stereocenters. The Labute approximate surface area is 238 Å². The van der Waals surface area contributed by atoms with Gasteiger partial charge in [-0.15, -0.1) is 0 Å². The van der Waals surface area contributed by atoms with Gasteiger partial charge in [-0.25, -0.2) is 17.8 Å². The zero-order valence-electron chi connectivity index (χ0n) is 22.8. The van der Waals surface area contributed by atoms with Crippen LogP contribution in [0.15, 0.2) is 47.4 Å². The van der Waals surface area contributed by atoms with Gasteiger partial charge in [0.1, 0.15) is 11.3 Å². The second kappa shape index (κ2) is 14.4. The molecule has 2 heterocycles. The molecule has 4 rings (SSSR count). The summed E-state index contributed by atoms with van der Waals surface area (Å²) in [5.74, 6) is -0.775. The standard InChI is InChI=1S/C27H35FN4O6S2/c1-36-17-15-31(16-18-37-2)40(34,35)22-9-7-21(8-10-22)26(33)32(12-4-11-30-13-19-38-20-14-30)27-29-25-23(28)5-3-6-24(25)39-27/h3,5-10H,4,11-20H2,1-2H3. The summed E-state index contributed by atoms with van der Waals surface area (Å²) in [7, 11) is -0.812. The predicted octanol–water partition coefficient (Wildman–Crippen LogP) is 3.09. The molecule has 1 aliphatic heterocycles. The molecule has 0 bridgehead atoms. The Bertz CT molecular complexity index is 1360. The summed E-state index contributed by atoms with van der Waals surface area (Å²) < 4.78 is 58.4. The molecule has 0 unspecified atom stereocenters. The van der Waals surface area contributed by atoms with E-state index in [4.69, 9.17) is 14.2 Å². The van der Waals surface area contributed by atoms with Crippen molar-refractivity contribution in [2.24, 2.45) is 0 Å². The van der Waals surface area contributed by atoms with Crippen molar-refractivity contribution in [2.75, 3.05) is 84.8 Å². The quantitative estimate of drug-likeness (QED) is 0.281. The number of anilines is 1. The number of amides is 1. The molecule has 13 heteroatoms. The number of hydrogen-bond donors (Lipinski definition) is 0. The highest BCUT2D eigenvalue weighted by molar-refractivity contribution is 7.89. The van der Waals surface area contributed by atoms with E-state index >= 15 is 0 Å². The molecule has 218 valence electrons. The molecular formula is C27H35FN4O6S2. The van der Waals surface area contributed by atoms with E-state index in [1.165, 1.54) is 60.2 Å². The van der Waals surface area contributed by atoms with Crippen LogP contribution in [0, 0.1) is 5.82 Å². The van der Waals surface area contributed by atoms with Crippen LogP contribution in [0.1, 0.15) is 16.8 Å². The average molecular weight is 595 g/mol. The summed E-state index contributed by atoms with van der Waals surface area (Å²) in [6, 6.07) is 10.6. The third-order valence-corrected chi connectivity index (χ3v) is 9.58. The Morgan fingerprint density at radius 3 is 2.35 bits per heavy atom. The minimum atomic E-state index is -3.83. The summed E-state index contributed by atoms with van der Waals surface area (Å²) in [6.07, 6.45) is 0.685. The summed E-state index contributed by atoms with van der Waals surface area (Å²) in [6.45, 7) is 5.02. The molecule has 0 N–H and O–H groups in total. The van der Waals surface area contributed by atoms with Crippen molar-refractivity contribution in [3.63, 3.8) is 0 Å². The first-order valence-electron chi connectivity index (χ1n) is 13.1. The van der Waals surface area contributed by atoms with Gasteiger partial charge in [0.2, 0.25) is 10.0 Å². The molecular weight excluding hydrogens is 559 g/mol. The molecule has 0 radical (unpaired) electrons. The molecule has 2 aromatic carbocycles. The predicted molar refractivity (Wildman–Crippen MR) is 152 cm³/mol. The van der Waals surface area contributed by atoms with Crippen LogP contribution in [0.5, 0.6) is 0 Å². The normalized spacial score (nSPS) is 14.7. The zero-order valence-corrected chi connectivity index (χ0v) is 24.4. The van der Waals surface area contributed by atoms with E-state index in [0.717, 1.165) is 19.6 Å². The van der Waals surface area contributed by atoms with E-state index in [1.807, 2.05) is 0 Å². The maximum absolute atomic E-state index is 14.4. The number of methoxy groups -OCH3 is 2. The number of fused-ring (bicyclic) bond motifs is 1. The Balaban J connectivity index is 1.56. The van der Waals surface area contributed by atoms with Gasteiger partial charge in [0.15, 0.2) is 5.13 Å². The Hall–Kier alpha value is -2.52. The fraction of sp³-hybridized carbons (Fsp3) is 0.481. The average Bonchev–Trinajstić information content (AvgIpc) is 3.41. The third-order valence-electron chi connectivity index (χ3n) is 6.62. The van der Waals surface area contributed by atoms with E-state index in [0.29, 0.717) is 41.6 Å². The van der Waals surface area contributed by atoms with E-state index < -0.39 is 15.8 Å². The Morgan fingerprint density at radius 1 is 1.05 bits per heavy atom. The number of ether oxygens (including phenoxy) is 3. The Morgan fingerprint density at radius 2 is 1.73 bits per heavy atom. The third kappa shape index (κ3) is 7.40. The van der Waals surface area contributed by atoms with Gasteiger partial charge in [0.25, 0.3) is 5.91 Å². The molecule has 0 aliphatic carbocycles. The maximum Gasteiger partial charge on any atom is 0.260 e. The minimum Gasteiger partial charge on any atom is -0.383 e. The van der Waals surface area contributed by atoms with Crippen molar-refractivity contribution >= 4 is 42.6 Å². The van der Waals surface area contributed by atoms with Gasteiger partial charge in [-0.3, -0.25) is 14.6 Å². The first kappa shape index (κ1) is 30.4. The van der Waals surface area contributed by atoms with Crippen molar-refractivity contribution in [3.05, 3.63) is 53.8 Å². The van der Waals surface area contributed by atoms with Crippen molar-refractivity contribution in [1.29, 1.82) is 0 Å². The number of nitrogens with zero attached hydrogens (tertiary/aromatic N) is 4. The van der Waals surface area contributed by atoms with Gasteiger partial charge in [-0.05, 0) is 42.8 Å². The summed E-state index contributed by atoms with van der Waals surface area (Å²) in [5.41, 5.74) is 0.535. The number of aromatic nitrogens is 1.